The molecule has 0 aliphatic rings. The molecule has 0 aliphatic carbocycles. The number of hydrogen-bond donors (Lipinski definition) is 2. The topological polar surface area (TPSA) is 75.6 Å². The van der Waals surface area contributed by atoms with Crippen LogP contribution in [-0.4, -0.2) is 23.6 Å². The van der Waals surface area contributed by atoms with Crippen LogP contribution in [0, 0.1) is 0 Å². The summed E-state index contributed by atoms with van der Waals surface area (Å²) in [6.45, 7) is 3.53. The summed E-state index contributed by atoms with van der Waals surface area (Å²) in [7, 11) is 0. The first kappa shape index (κ1) is 18.8. The summed E-state index contributed by atoms with van der Waals surface area (Å²) >= 11 is 6.21. The first-order chi connectivity index (χ1) is 11.8. The molecule has 0 radical (unpaired) electrons. The predicted molar refractivity (Wildman–Crippen MR) is 95.9 cm³/mol. The molecule has 0 aromatic heterocycles. The first-order valence-electron chi connectivity index (χ1n) is 7.77. The van der Waals surface area contributed by atoms with E-state index in [1.807, 2.05) is 38.1 Å². The normalized spacial score (nSPS) is 11.0. The van der Waals surface area contributed by atoms with Crippen LogP contribution in [-0.2, 0) is 21.5 Å². The van der Waals surface area contributed by atoms with Crippen molar-refractivity contribution in [1.82, 2.24) is 5.32 Å². The average molecular weight is 362 g/mol. The lowest BCUT2D eigenvalue weighted by Gasteiger charge is -2.25. The molecular weight excluding hydrogens is 342 g/mol. The van der Waals surface area contributed by atoms with Crippen molar-refractivity contribution in [1.29, 1.82) is 0 Å². The number of carboxylic acid groups (broad SMARTS) is 1. The zero-order chi connectivity index (χ0) is 18.4. The summed E-state index contributed by atoms with van der Waals surface area (Å²) < 4.78 is 5.14. The number of ether oxygens (including phenoxy) is 1. The van der Waals surface area contributed by atoms with Gasteiger partial charge in [-0.1, -0.05) is 41.9 Å². The maximum atomic E-state index is 12.6. The SMILES string of the molecule is CC(C)(C(=O)NCc1cccc(OCC(=O)O)c1)c1ccccc1Cl. The minimum atomic E-state index is -1.04. The molecular formula is C19H20ClNO4. The molecule has 25 heavy (non-hydrogen) atoms. The van der Waals surface area contributed by atoms with Crippen LogP contribution < -0.4 is 10.1 Å². The van der Waals surface area contributed by atoms with Crippen molar-refractivity contribution in [2.24, 2.45) is 0 Å². The van der Waals surface area contributed by atoms with E-state index in [9.17, 15) is 9.59 Å². The summed E-state index contributed by atoms with van der Waals surface area (Å²) in [6, 6.07) is 14.2. The summed E-state index contributed by atoms with van der Waals surface area (Å²) in [5.41, 5.74) is 0.786. The van der Waals surface area contributed by atoms with Crippen LogP contribution in [0.25, 0.3) is 0 Å². The second-order valence-corrected chi connectivity index (χ2v) is 6.52. The highest BCUT2D eigenvalue weighted by molar-refractivity contribution is 6.31. The standard InChI is InChI=1S/C19H20ClNO4/c1-19(2,15-8-3-4-9-16(15)20)18(24)21-11-13-6-5-7-14(10-13)25-12-17(22)23/h3-10H,11-12H2,1-2H3,(H,21,24)(H,22,23). The summed E-state index contributed by atoms with van der Waals surface area (Å²) in [6.07, 6.45) is 0. The number of nitrogens with one attached hydrogen (secondary N) is 1. The maximum absolute atomic E-state index is 12.6. The lowest BCUT2D eigenvalue weighted by Crippen LogP contribution is -2.39. The molecule has 0 aliphatic heterocycles. The van der Waals surface area contributed by atoms with Crippen molar-refractivity contribution in [2.75, 3.05) is 6.61 Å². The molecule has 0 saturated heterocycles. The van der Waals surface area contributed by atoms with Gasteiger partial charge in [-0.3, -0.25) is 4.79 Å². The molecule has 0 spiro atoms. The largest absolute Gasteiger partial charge is 0.482 e. The lowest BCUT2D eigenvalue weighted by molar-refractivity contribution is -0.139. The van der Waals surface area contributed by atoms with Crippen molar-refractivity contribution in [3.05, 3.63) is 64.7 Å². The van der Waals surface area contributed by atoms with Gasteiger partial charge in [-0.2, -0.15) is 0 Å². The number of carboxylic acids is 1. The smallest absolute Gasteiger partial charge is 0.341 e. The molecule has 0 bridgehead atoms. The summed E-state index contributed by atoms with van der Waals surface area (Å²) in [4.78, 5) is 23.2. The van der Waals surface area contributed by atoms with Crippen molar-refractivity contribution in [3.63, 3.8) is 0 Å². The molecule has 132 valence electrons. The molecule has 0 atom stereocenters. The van der Waals surface area contributed by atoms with Gasteiger partial charge in [-0.15, -0.1) is 0 Å². The van der Waals surface area contributed by atoms with Crippen LogP contribution in [0.4, 0.5) is 0 Å². The third kappa shape index (κ3) is 4.97. The van der Waals surface area contributed by atoms with Gasteiger partial charge in [-0.25, -0.2) is 4.79 Å². The molecule has 2 aromatic rings. The van der Waals surface area contributed by atoms with E-state index in [-0.39, 0.29) is 5.91 Å². The Morgan fingerprint density at radius 1 is 1.16 bits per heavy atom. The number of carbonyl (C=O) groups is 2. The van der Waals surface area contributed by atoms with Crippen LogP contribution >= 0.6 is 11.6 Å². The third-order valence-corrected chi connectivity index (χ3v) is 4.16. The van der Waals surface area contributed by atoms with Crippen LogP contribution in [0.15, 0.2) is 48.5 Å². The number of benzene rings is 2. The highest BCUT2D eigenvalue weighted by Gasteiger charge is 2.31. The average Bonchev–Trinajstić information content (AvgIpc) is 2.58. The van der Waals surface area contributed by atoms with Crippen molar-refractivity contribution in [2.45, 2.75) is 25.8 Å². The number of hydrogen-bond acceptors (Lipinski definition) is 3. The fourth-order valence-electron chi connectivity index (χ4n) is 2.38. The van der Waals surface area contributed by atoms with Crippen molar-refractivity contribution >= 4 is 23.5 Å². The highest BCUT2D eigenvalue weighted by atomic mass is 35.5. The molecule has 2 aromatic carbocycles. The first-order valence-corrected chi connectivity index (χ1v) is 8.15. The van der Waals surface area contributed by atoms with Gasteiger partial charge in [0.2, 0.25) is 5.91 Å². The molecule has 2 N–H and O–H groups in total. The Bertz CT molecular complexity index is 774. The lowest BCUT2D eigenvalue weighted by atomic mass is 9.83. The molecule has 0 fully saturated rings. The summed E-state index contributed by atoms with van der Waals surface area (Å²) in [5.74, 6) is -0.753. The molecule has 6 heteroatoms. The van der Waals surface area contributed by atoms with E-state index in [2.05, 4.69) is 5.32 Å². The molecule has 0 heterocycles. The van der Waals surface area contributed by atoms with E-state index in [0.717, 1.165) is 11.1 Å². The van der Waals surface area contributed by atoms with Crippen molar-refractivity contribution in [3.8, 4) is 5.75 Å². The molecule has 0 saturated carbocycles. The van der Waals surface area contributed by atoms with E-state index < -0.39 is 18.0 Å². The fourth-order valence-corrected chi connectivity index (χ4v) is 2.76. The zero-order valence-corrected chi connectivity index (χ0v) is 14.8. The summed E-state index contributed by atoms with van der Waals surface area (Å²) in [5, 5.41) is 12.1. The Hall–Kier alpha value is -2.53. The molecule has 0 unspecified atom stereocenters. The highest BCUT2D eigenvalue weighted by Crippen LogP contribution is 2.30. The van der Waals surface area contributed by atoms with Gasteiger partial charge < -0.3 is 15.2 Å². The number of rotatable bonds is 7. The molecule has 5 nitrogen and oxygen atoms in total. The van der Waals surface area contributed by atoms with Gasteiger partial charge in [-0.05, 0) is 43.2 Å². The predicted octanol–water partition coefficient (Wildman–Crippen LogP) is 3.40. The minimum absolute atomic E-state index is 0.155. The Morgan fingerprint density at radius 2 is 1.88 bits per heavy atom. The maximum Gasteiger partial charge on any atom is 0.341 e. The van der Waals surface area contributed by atoms with Gasteiger partial charge in [0.15, 0.2) is 6.61 Å². The van der Waals surface area contributed by atoms with Crippen LogP contribution in [0.3, 0.4) is 0 Å². The van der Waals surface area contributed by atoms with Crippen LogP contribution in [0.2, 0.25) is 5.02 Å². The van der Waals surface area contributed by atoms with E-state index in [4.69, 9.17) is 21.4 Å². The van der Waals surface area contributed by atoms with Crippen LogP contribution in [0.5, 0.6) is 5.75 Å². The molecule has 1 amide bonds. The second-order valence-electron chi connectivity index (χ2n) is 6.12. The Labute approximate surface area is 151 Å². The fraction of sp³-hybridized carbons (Fsp3) is 0.263. The minimum Gasteiger partial charge on any atom is -0.482 e. The van der Waals surface area contributed by atoms with Crippen molar-refractivity contribution < 1.29 is 19.4 Å². The Kier molecular flexibility index (Phi) is 6.04. The Balaban J connectivity index is 2.03. The quantitative estimate of drug-likeness (QED) is 0.792. The third-order valence-electron chi connectivity index (χ3n) is 3.83. The van der Waals surface area contributed by atoms with E-state index in [0.29, 0.717) is 17.3 Å². The molecule has 2 rings (SSSR count). The van der Waals surface area contributed by atoms with Gasteiger partial charge >= 0.3 is 5.97 Å². The Morgan fingerprint density at radius 3 is 2.56 bits per heavy atom. The monoisotopic (exact) mass is 361 g/mol. The van der Waals surface area contributed by atoms with E-state index in [1.165, 1.54) is 0 Å². The van der Waals surface area contributed by atoms with Gasteiger partial charge in [0.05, 0.1) is 5.41 Å². The van der Waals surface area contributed by atoms with Gasteiger partial charge in [0.25, 0.3) is 0 Å². The number of amides is 1. The number of carbonyl (C=O) groups excluding carboxylic acids is 1. The number of halogens is 1. The zero-order valence-electron chi connectivity index (χ0n) is 14.1. The number of aliphatic carboxylic acids is 1. The van der Waals surface area contributed by atoms with Crippen LogP contribution in [0.1, 0.15) is 25.0 Å². The van der Waals surface area contributed by atoms with E-state index in [1.54, 1.807) is 24.3 Å². The van der Waals surface area contributed by atoms with Gasteiger partial charge in [0, 0.05) is 11.6 Å². The second kappa shape index (κ2) is 8.03. The van der Waals surface area contributed by atoms with Gasteiger partial charge in [0.1, 0.15) is 5.75 Å². The van der Waals surface area contributed by atoms with E-state index >= 15 is 0 Å².